The zero-order valence-electron chi connectivity index (χ0n) is 18.7. The SMILES string of the molecule is CCOC(=O)c1c(C)oc(NC(=O)C(C)Sc2cc(-c3ccccc3)nc(C)n2)c1C(N)=O. The number of thioether (sulfide) groups is 1. The van der Waals surface area contributed by atoms with Crippen LogP contribution >= 0.6 is 11.8 Å². The molecule has 0 aliphatic carbocycles. The van der Waals surface area contributed by atoms with Crippen molar-refractivity contribution in [2.45, 2.75) is 38.0 Å². The van der Waals surface area contributed by atoms with Gasteiger partial charge in [-0.05, 0) is 33.8 Å². The van der Waals surface area contributed by atoms with Crippen molar-refractivity contribution in [1.82, 2.24) is 9.97 Å². The number of aromatic nitrogens is 2. The number of nitrogens with zero attached hydrogens (tertiary/aromatic N) is 2. The fourth-order valence-electron chi connectivity index (χ4n) is 3.12. The number of ether oxygens (including phenoxy) is 1. The molecule has 1 atom stereocenters. The van der Waals surface area contributed by atoms with Gasteiger partial charge in [-0.15, -0.1) is 0 Å². The summed E-state index contributed by atoms with van der Waals surface area (Å²) in [6.45, 7) is 6.70. The third-order valence-corrected chi connectivity index (χ3v) is 5.62. The number of primary amides is 1. The summed E-state index contributed by atoms with van der Waals surface area (Å²) in [5.41, 5.74) is 6.81. The van der Waals surface area contributed by atoms with E-state index >= 15 is 0 Å². The van der Waals surface area contributed by atoms with Crippen molar-refractivity contribution >= 4 is 35.4 Å². The maximum absolute atomic E-state index is 12.8. The number of nitrogens with one attached hydrogen (secondary N) is 1. The molecule has 0 saturated carbocycles. The van der Waals surface area contributed by atoms with Gasteiger partial charge >= 0.3 is 5.97 Å². The summed E-state index contributed by atoms with van der Waals surface area (Å²) >= 11 is 1.22. The zero-order valence-corrected chi connectivity index (χ0v) is 19.5. The summed E-state index contributed by atoms with van der Waals surface area (Å²) in [7, 11) is 0. The first-order valence-electron chi connectivity index (χ1n) is 10.2. The van der Waals surface area contributed by atoms with E-state index in [1.165, 1.54) is 18.7 Å². The van der Waals surface area contributed by atoms with Crippen LogP contribution in [-0.2, 0) is 9.53 Å². The van der Waals surface area contributed by atoms with Gasteiger partial charge in [0.15, 0.2) is 0 Å². The summed E-state index contributed by atoms with van der Waals surface area (Å²) in [6.07, 6.45) is 0. The summed E-state index contributed by atoms with van der Waals surface area (Å²) in [4.78, 5) is 45.9. The molecular weight excluding hydrogens is 444 g/mol. The molecule has 3 aromatic rings. The van der Waals surface area contributed by atoms with Crippen LogP contribution in [0.1, 0.15) is 46.1 Å². The number of hydrogen-bond acceptors (Lipinski definition) is 8. The minimum Gasteiger partial charge on any atom is -0.462 e. The average Bonchev–Trinajstić information content (AvgIpc) is 3.10. The fourth-order valence-corrected chi connectivity index (χ4v) is 4.02. The Kier molecular flexibility index (Phi) is 7.49. The highest BCUT2D eigenvalue weighted by molar-refractivity contribution is 8.00. The summed E-state index contributed by atoms with van der Waals surface area (Å²) in [5.74, 6) is -1.61. The Morgan fingerprint density at radius 1 is 1.15 bits per heavy atom. The van der Waals surface area contributed by atoms with Crippen LogP contribution in [0.2, 0.25) is 0 Å². The predicted molar refractivity (Wildman–Crippen MR) is 124 cm³/mol. The molecule has 0 spiro atoms. The van der Waals surface area contributed by atoms with E-state index in [4.69, 9.17) is 14.9 Å². The van der Waals surface area contributed by atoms with Gasteiger partial charge in [-0.25, -0.2) is 14.8 Å². The van der Waals surface area contributed by atoms with Crippen molar-refractivity contribution in [2.75, 3.05) is 11.9 Å². The quantitative estimate of drug-likeness (QED) is 0.290. The molecule has 10 heteroatoms. The molecule has 2 amide bonds. The number of hydrogen-bond donors (Lipinski definition) is 2. The van der Waals surface area contributed by atoms with Crippen LogP contribution in [0.5, 0.6) is 0 Å². The van der Waals surface area contributed by atoms with Gasteiger partial charge < -0.3 is 14.9 Å². The highest BCUT2D eigenvalue weighted by atomic mass is 32.2. The molecule has 2 aromatic heterocycles. The Morgan fingerprint density at radius 2 is 1.85 bits per heavy atom. The lowest BCUT2D eigenvalue weighted by atomic mass is 10.1. The van der Waals surface area contributed by atoms with E-state index in [0.29, 0.717) is 10.9 Å². The van der Waals surface area contributed by atoms with Crippen LogP contribution in [0.3, 0.4) is 0 Å². The minimum atomic E-state index is -0.913. The molecule has 2 heterocycles. The molecule has 0 aliphatic rings. The molecule has 172 valence electrons. The second kappa shape index (κ2) is 10.3. The van der Waals surface area contributed by atoms with Crippen LogP contribution in [0.4, 0.5) is 5.88 Å². The smallest absolute Gasteiger partial charge is 0.342 e. The Balaban J connectivity index is 1.81. The number of benzene rings is 1. The zero-order chi connectivity index (χ0) is 24.1. The van der Waals surface area contributed by atoms with Gasteiger partial charge in [0.1, 0.15) is 27.7 Å². The van der Waals surface area contributed by atoms with E-state index in [2.05, 4.69) is 15.3 Å². The first-order chi connectivity index (χ1) is 15.7. The Labute approximate surface area is 195 Å². The standard InChI is InChI=1S/C23H24N4O5S/c1-5-31-23(30)18-12(2)32-22(19(18)20(24)28)27-21(29)13(3)33-17-11-16(25-14(4)26-17)15-9-7-6-8-10-15/h6-11,13H,5H2,1-4H3,(H2,24,28)(H,27,29). The van der Waals surface area contributed by atoms with Gasteiger partial charge in [0, 0.05) is 5.56 Å². The van der Waals surface area contributed by atoms with Gasteiger partial charge in [0.2, 0.25) is 11.8 Å². The third kappa shape index (κ3) is 5.58. The molecule has 3 rings (SSSR count). The topological polar surface area (TPSA) is 137 Å². The van der Waals surface area contributed by atoms with E-state index in [1.807, 2.05) is 36.4 Å². The number of esters is 1. The lowest BCUT2D eigenvalue weighted by Gasteiger charge is -2.12. The van der Waals surface area contributed by atoms with Crippen LogP contribution in [0.25, 0.3) is 11.3 Å². The number of furan rings is 1. The summed E-state index contributed by atoms with van der Waals surface area (Å²) < 4.78 is 10.4. The van der Waals surface area contributed by atoms with Crippen LogP contribution in [0, 0.1) is 13.8 Å². The van der Waals surface area contributed by atoms with E-state index in [9.17, 15) is 14.4 Å². The first kappa shape index (κ1) is 24.0. The maximum Gasteiger partial charge on any atom is 0.342 e. The monoisotopic (exact) mass is 468 g/mol. The number of anilines is 1. The molecule has 9 nitrogen and oxygen atoms in total. The molecule has 0 aliphatic heterocycles. The molecule has 0 saturated heterocycles. The van der Waals surface area contributed by atoms with Gasteiger partial charge in [-0.2, -0.15) is 0 Å². The highest BCUT2D eigenvalue weighted by Gasteiger charge is 2.30. The fraction of sp³-hybridized carbons (Fsp3) is 0.261. The number of carbonyl (C=O) groups is 3. The summed E-state index contributed by atoms with van der Waals surface area (Å²) in [5, 5.41) is 2.55. The molecule has 0 radical (unpaired) electrons. The third-order valence-electron chi connectivity index (χ3n) is 4.60. The van der Waals surface area contributed by atoms with E-state index in [1.54, 1.807) is 20.8 Å². The largest absolute Gasteiger partial charge is 0.462 e. The molecular formula is C23H24N4O5S. The first-order valence-corrected chi connectivity index (χ1v) is 11.1. The Bertz CT molecular complexity index is 1190. The van der Waals surface area contributed by atoms with Crippen LogP contribution in [0.15, 0.2) is 45.8 Å². The lowest BCUT2D eigenvalue weighted by Crippen LogP contribution is -2.25. The molecule has 3 N–H and O–H groups in total. The molecule has 0 bridgehead atoms. The number of aryl methyl sites for hydroxylation is 2. The van der Waals surface area contributed by atoms with Crippen molar-refractivity contribution in [1.29, 1.82) is 0 Å². The second-order valence-electron chi connectivity index (χ2n) is 7.08. The van der Waals surface area contributed by atoms with Crippen molar-refractivity contribution in [3.8, 4) is 11.3 Å². The number of nitrogens with two attached hydrogens (primary N) is 1. The van der Waals surface area contributed by atoms with Crippen LogP contribution in [-0.4, -0.2) is 39.6 Å². The van der Waals surface area contributed by atoms with Crippen molar-refractivity contribution in [3.05, 3.63) is 59.1 Å². The van der Waals surface area contributed by atoms with Crippen LogP contribution < -0.4 is 11.1 Å². The Morgan fingerprint density at radius 3 is 2.48 bits per heavy atom. The van der Waals surface area contributed by atoms with E-state index in [-0.39, 0.29) is 29.4 Å². The Hall–Kier alpha value is -3.66. The van der Waals surface area contributed by atoms with Crippen molar-refractivity contribution in [3.63, 3.8) is 0 Å². The van der Waals surface area contributed by atoms with Crippen molar-refractivity contribution in [2.24, 2.45) is 5.73 Å². The highest BCUT2D eigenvalue weighted by Crippen LogP contribution is 2.30. The molecule has 0 fully saturated rings. The van der Waals surface area contributed by atoms with Gasteiger partial charge in [0.25, 0.3) is 5.91 Å². The number of amides is 2. The van der Waals surface area contributed by atoms with Crippen molar-refractivity contribution < 1.29 is 23.5 Å². The predicted octanol–water partition coefficient (Wildman–Crippen LogP) is 3.75. The second-order valence-corrected chi connectivity index (χ2v) is 8.44. The molecule has 33 heavy (non-hydrogen) atoms. The molecule has 1 aromatic carbocycles. The average molecular weight is 469 g/mol. The summed E-state index contributed by atoms with van der Waals surface area (Å²) in [6, 6.07) is 11.4. The number of rotatable bonds is 8. The lowest BCUT2D eigenvalue weighted by molar-refractivity contribution is -0.115. The number of carbonyl (C=O) groups excluding carboxylic acids is 3. The van der Waals surface area contributed by atoms with Gasteiger partial charge in [0.05, 0.1) is 17.6 Å². The maximum atomic E-state index is 12.8. The minimum absolute atomic E-state index is 0.0983. The van der Waals surface area contributed by atoms with Gasteiger partial charge in [-0.1, -0.05) is 42.1 Å². The normalized spacial score (nSPS) is 11.6. The van der Waals surface area contributed by atoms with Gasteiger partial charge in [-0.3, -0.25) is 14.9 Å². The molecule has 1 unspecified atom stereocenters. The van der Waals surface area contributed by atoms with E-state index in [0.717, 1.165) is 11.3 Å². The van der Waals surface area contributed by atoms with E-state index < -0.39 is 23.0 Å².